The van der Waals surface area contributed by atoms with Crippen molar-refractivity contribution in [2.24, 2.45) is 0 Å². The van der Waals surface area contributed by atoms with Crippen molar-refractivity contribution in [1.29, 1.82) is 0 Å². The summed E-state index contributed by atoms with van der Waals surface area (Å²) < 4.78 is 28.2. The molecule has 1 aliphatic rings. The monoisotopic (exact) mass is 428 g/mol. The number of carbonyl (C=O) groups excluding carboxylic acids is 1. The Morgan fingerprint density at radius 2 is 2.04 bits per heavy atom. The molecule has 2 aromatic rings. The summed E-state index contributed by atoms with van der Waals surface area (Å²) in [6.45, 7) is 0.818. The van der Waals surface area contributed by atoms with Crippen LogP contribution >= 0.6 is 22.9 Å². The number of thiophene rings is 1. The van der Waals surface area contributed by atoms with E-state index in [2.05, 4.69) is 19.9 Å². The van der Waals surface area contributed by atoms with Gasteiger partial charge < -0.3 is 10.2 Å². The largest absolute Gasteiger partial charge is 0.355 e. The number of amides is 1. The van der Waals surface area contributed by atoms with Gasteiger partial charge in [-0.3, -0.25) is 9.78 Å². The molecule has 1 unspecified atom stereocenters. The van der Waals surface area contributed by atoms with E-state index in [9.17, 15) is 13.2 Å². The fourth-order valence-corrected chi connectivity index (χ4v) is 5.09. The normalized spacial score (nSPS) is 17.7. The highest BCUT2D eigenvalue weighted by Gasteiger charge is 2.26. The first kappa shape index (κ1) is 20.1. The van der Waals surface area contributed by atoms with Gasteiger partial charge in [-0.2, -0.15) is 4.72 Å². The third-order valence-corrected chi connectivity index (χ3v) is 6.87. The van der Waals surface area contributed by atoms with E-state index in [1.54, 1.807) is 24.5 Å². The number of hydrogen-bond acceptors (Lipinski definition) is 6. The number of sulfonamides is 1. The highest BCUT2D eigenvalue weighted by atomic mass is 35.5. The van der Waals surface area contributed by atoms with Crippen molar-refractivity contribution in [1.82, 2.24) is 15.0 Å². The van der Waals surface area contributed by atoms with E-state index in [0.29, 0.717) is 9.21 Å². The zero-order valence-corrected chi connectivity index (χ0v) is 17.0. The number of nitrogens with zero attached hydrogens (tertiary/aromatic N) is 2. The van der Waals surface area contributed by atoms with Gasteiger partial charge in [0.2, 0.25) is 10.0 Å². The third-order valence-electron chi connectivity index (χ3n) is 4.27. The van der Waals surface area contributed by atoms with Crippen LogP contribution in [-0.4, -0.2) is 44.3 Å². The number of hydrogen-bond donors (Lipinski definition) is 2. The van der Waals surface area contributed by atoms with Crippen molar-refractivity contribution in [3.63, 3.8) is 0 Å². The molecule has 3 rings (SSSR count). The Morgan fingerprint density at radius 1 is 1.26 bits per heavy atom. The maximum Gasteiger partial charge on any atom is 0.261 e. The Morgan fingerprint density at radius 3 is 2.74 bits per heavy atom. The SMILES string of the molecule is O=C(NCCS(=O)(=O)NC1CCCCN1c1ccncc1)c1ccc(Cl)s1. The van der Waals surface area contributed by atoms with Crippen LogP contribution in [0.4, 0.5) is 5.69 Å². The summed E-state index contributed by atoms with van der Waals surface area (Å²) in [5.41, 5.74) is 0.945. The van der Waals surface area contributed by atoms with Gasteiger partial charge >= 0.3 is 0 Å². The number of piperidine rings is 1. The molecule has 0 aromatic carbocycles. The zero-order valence-electron chi connectivity index (χ0n) is 14.6. The molecule has 27 heavy (non-hydrogen) atoms. The lowest BCUT2D eigenvalue weighted by Crippen LogP contribution is -2.52. The maximum absolute atomic E-state index is 12.5. The molecule has 3 heterocycles. The van der Waals surface area contributed by atoms with Crippen LogP contribution in [0.15, 0.2) is 36.7 Å². The quantitative estimate of drug-likeness (QED) is 0.706. The highest BCUT2D eigenvalue weighted by Crippen LogP contribution is 2.23. The number of pyridine rings is 1. The molecule has 2 N–H and O–H groups in total. The van der Waals surface area contributed by atoms with Gasteiger partial charge in [0, 0.05) is 31.2 Å². The number of halogens is 1. The number of carbonyl (C=O) groups is 1. The molecule has 1 saturated heterocycles. The summed E-state index contributed by atoms with van der Waals surface area (Å²) in [5, 5.41) is 2.62. The van der Waals surface area contributed by atoms with Gasteiger partial charge in [-0.25, -0.2) is 8.42 Å². The van der Waals surface area contributed by atoms with E-state index in [1.165, 1.54) is 0 Å². The molecule has 7 nitrogen and oxygen atoms in total. The van der Waals surface area contributed by atoms with Gasteiger partial charge in [-0.15, -0.1) is 11.3 Å². The van der Waals surface area contributed by atoms with Crippen molar-refractivity contribution in [3.05, 3.63) is 45.9 Å². The van der Waals surface area contributed by atoms with Crippen LogP contribution in [0.25, 0.3) is 0 Å². The summed E-state index contributed by atoms with van der Waals surface area (Å²) >= 11 is 6.96. The molecular weight excluding hydrogens is 408 g/mol. The van der Waals surface area contributed by atoms with Crippen molar-refractivity contribution in [2.45, 2.75) is 25.4 Å². The molecule has 0 aliphatic carbocycles. The van der Waals surface area contributed by atoms with Gasteiger partial charge in [0.05, 0.1) is 21.1 Å². The van der Waals surface area contributed by atoms with Crippen molar-refractivity contribution < 1.29 is 13.2 Å². The second kappa shape index (κ2) is 9.01. The standard InChI is InChI=1S/C17H21ClN4O3S2/c18-15-5-4-14(26-15)17(23)20-10-12-27(24,25)21-16-3-1-2-11-22(16)13-6-8-19-9-7-13/h4-9,16,21H,1-3,10-12H2,(H,20,23). The van der Waals surface area contributed by atoms with Crippen LogP contribution in [-0.2, 0) is 10.0 Å². The smallest absolute Gasteiger partial charge is 0.261 e. The van der Waals surface area contributed by atoms with Crippen LogP contribution < -0.4 is 14.9 Å². The van der Waals surface area contributed by atoms with E-state index in [1.807, 2.05) is 12.1 Å². The Bertz CT molecular complexity index is 873. The molecule has 1 aliphatic heterocycles. The van der Waals surface area contributed by atoms with Crippen LogP contribution in [0.3, 0.4) is 0 Å². The van der Waals surface area contributed by atoms with E-state index < -0.39 is 10.0 Å². The van der Waals surface area contributed by atoms with Crippen LogP contribution in [0.2, 0.25) is 4.34 Å². The van der Waals surface area contributed by atoms with Gasteiger partial charge in [0.1, 0.15) is 0 Å². The second-order valence-electron chi connectivity index (χ2n) is 6.21. The number of aromatic nitrogens is 1. The summed E-state index contributed by atoms with van der Waals surface area (Å²) in [6.07, 6.45) is 5.81. The first-order valence-corrected chi connectivity index (χ1v) is 11.5. The van der Waals surface area contributed by atoms with Crippen LogP contribution in [0, 0.1) is 0 Å². The Balaban J connectivity index is 1.55. The van der Waals surface area contributed by atoms with Crippen molar-refractivity contribution in [2.75, 3.05) is 23.7 Å². The minimum absolute atomic E-state index is 0.0334. The molecule has 0 spiro atoms. The highest BCUT2D eigenvalue weighted by molar-refractivity contribution is 7.89. The van der Waals surface area contributed by atoms with Gasteiger partial charge in [0.15, 0.2) is 0 Å². The van der Waals surface area contributed by atoms with E-state index in [-0.39, 0.29) is 24.4 Å². The summed E-state index contributed by atoms with van der Waals surface area (Å²) in [5.74, 6) is -0.503. The predicted molar refractivity (Wildman–Crippen MR) is 108 cm³/mol. The molecule has 1 amide bonds. The van der Waals surface area contributed by atoms with Crippen molar-refractivity contribution in [3.8, 4) is 0 Å². The van der Waals surface area contributed by atoms with E-state index >= 15 is 0 Å². The summed E-state index contributed by atoms with van der Waals surface area (Å²) in [6, 6.07) is 7.00. The van der Waals surface area contributed by atoms with Crippen molar-refractivity contribution >= 4 is 44.6 Å². The average Bonchev–Trinajstić information content (AvgIpc) is 3.09. The summed E-state index contributed by atoms with van der Waals surface area (Å²) in [4.78, 5) is 18.5. The first-order valence-electron chi connectivity index (χ1n) is 8.65. The molecule has 1 fully saturated rings. The molecule has 10 heteroatoms. The first-order chi connectivity index (χ1) is 12.9. The molecule has 0 saturated carbocycles. The third kappa shape index (κ3) is 5.65. The van der Waals surface area contributed by atoms with Gasteiger partial charge in [-0.1, -0.05) is 11.6 Å². The van der Waals surface area contributed by atoms with Crippen LogP contribution in [0.1, 0.15) is 28.9 Å². The average molecular weight is 429 g/mol. The van der Waals surface area contributed by atoms with E-state index in [0.717, 1.165) is 42.8 Å². The Kier molecular flexibility index (Phi) is 6.69. The fourth-order valence-electron chi connectivity index (χ4n) is 2.99. The predicted octanol–water partition coefficient (Wildman–Crippen LogP) is 2.46. The van der Waals surface area contributed by atoms with Gasteiger partial charge in [0.25, 0.3) is 5.91 Å². The Hall–Kier alpha value is -1.68. The number of rotatable bonds is 7. The van der Waals surface area contributed by atoms with Gasteiger partial charge in [-0.05, 0) is 43.5 Å². The lowest BCUT2D eigenvalue weighted by atomic mass is 10.1. The zero-order chi connectivity index (χ0) is 19.3. The number of anilines is 1. The molecule has 146 valence electrons. The molecule has 1 atom stereocenters. The molecular formula is C17H21ClN4O3S2. The molecule has 2 aromatic heterocycles. The Labute approximate surface area is 167 Å². The van der Waals surface area contributed by atoms with Crippen LogP contribution in [0.5, 0.6) is 0 Å². The fraction of sp³-hybridized carbons (Fsp3) is 0.412. The number of nitrogens with one attached hydrogen (secondary N) is 2. The second-order valence-corrected chi connectivity index (χ2v) is 9.80. The topological polar surface area (TPSA) is 91.4 Å². The minimum atomic E-state index is -3.54. The minimum Gasteiger partial charge on any atom is -0.355 e. The van der Waals surface area contributed by atoms with E-state index in [4.69, 9.17) is 11.6 Å². The lowest BCUT2D eigenvalue weighted by molar-refractivity contribution is 0.0960. The lowest BCUT2D eigenvalue weighted by Gasteiger charge is -2.37. The maximum atomic E-state index is 12.5. The summed E-state index contributed by atoms with van der Waals surface area (Å²) in [7, 11) is -3.54. The molecule has 0 bridgehead atoms. The molecule has 0 radical (unpaired) electrons.